The zero-order valence-corrected chi connectivity index (χ0v) is 21.9. The van der Waals surface area contributed by atoms with Gasteiger partial charge in [0.15, 0.2) is 7.45 Å². The molecule has 3 rings (SSSR count). The van der Waals surface area contributed by atoms with E-state index >= 15 is 0 Å². The fourth-order valence-electron chi connectivity index (χ4n) is 3.70. The Hall–Kier alpha value is -4.15. The summed E-state index contributed by atoms with van der Waals surface area (Å²) in [5.41, 5.74) is 8.91. The Labute approximate surface area is 232 Å². The average Bonchev–Trinajstić information content (AvgIpc) is 2.97. The molecule has 9 nitrogen and oxygen atoms in total. The van der Waals surface area contributed by atoms with Gasteiger partial charge >= 0.3 is 11.9 Å². The lowest BCUT2D eigenvalue weighted by Gasteiger charge is -2.22. The quantitative estimate of drug-likeness (QED) is 0.205. The van der Waals surface area contributed by atoms with Crippen molar-refractivity contribution < 1.29 is 30.8 Å². The Kier molecular flexibility index (Phi) is 10.5. The summed E-state index contributed by atoms with van der Waals surface area (Å²) < 4.78 is 8.35. The predicted molar refractivity (Wildman–Crippen MR) is 150 cm³/mol. The maximum atomic E-state index is 13.2. The maximum absolute atomic E-state index is 13.2. The molecule has 39 heavy (non-hydrogen) atoms. The molecule has 0 aliphatic heterocycles. The van der Waals surface area contributed by atoms with Crippen molar-refractivity contribution in [1.82, 2.24) is 10.6 Å². The number of carbonyl (C=O) groups excluding carboxylic acids is 2. The van der Waals surface area contributed by atoms with Gasteiger partial charge in [-0.1, -0.05) is 84.9 Å². The second-order valence-corrected chi connectivity index (χ2v) is 9.82. The third kappa shape index (κ3) is 9.27. The first-order valence-electron chi connectivity index (χ1n) is 12.7. The Morgan fingerprint density at radius 3 is 2.03 bits per heavy atom. The molecule has 3 aromatic rings. The smallest absolute Gasteiger partial charge is 0.330 e. The predicted octanol–water partition coefficient (Wildman–Crippen LogP) is 3.21. The number of hydrogen-bond acceptors (Lipinski definition) is 6. The van der Waals surface area contributed by atoms with Crippen molar-refractivity contribution in [3.05, 3.63) is 96.1 Å². The lowest BCUT2D eigenvalue weighted by atomic mass is 10.0. The van der Waals surface area contributed by atoms with E-state index in [9.17, 15) is 24.3 Å². The van der Waals surface area contributed by atoms with Crippen molar-refractivity contribution >= 4 is 35.5 Å². The minimum Gasteiger partial charge on any atom is -0.480 e. The summed E-state index contributed by atoms with van der Waals surface area (Å²) in [6.07, 6.45) is -0.562. The molecule has 0 aliphatic rings. The molecule has 0 radical (unpaired) electrons. The number of carbonyl (C=O) groups is 4. The van der Waals surface area contributed by atoms with Crippen LogP contribution in [0.15, 0.2) is 84.9 Å². The lowest BCUT2D eigenvalue weighted by Crippen LogP contribution is -2.50. The number of benzene rings is 3. The summed E-state index contributed by atoms with van der Waals surface area (Å²) in [7, 11) is 0. The second-order valence-electron chi connectivity index (χ2n) is 8.79. The van der Waals surface area contributed by atoms with Gasteiger partial charge in [-0.2, -0.15) is 11.8 Å². The topological polar surface area (TPSA) is 159 Å². The largest absolute Gasteiger partial charge is 0.480 e. The molecule has 0 bridgehead atoms. The fourth-order valence-corrected chi connectivity index (χ4v) is 4.69. The van der Waals surface area contributed by atoms with Gasteiger partial charge in [-0.25, -0.2) is 4.79 Å². The number of nitrogens with one attached hydrogen (secondary N) is 2. The number of thioether (sulfide) groups is 1. The summed E-state index contributed by atoms with van der Waals surface area (Å²) in [6.45, 7) is 0. The molecule has 3 aromatic carbocycles. The van der Waals surface area contributed by atoms with E-state index in [-0.39, 0.29) is 18.6 Å². The molecular weight excluding hydrogens is 518 g/mol. The van der Waals surface area contributed by atoms with Gasteiger partial charge in [-0.3, -0.25) is 14.4 Å². The van der Waals surface area contributed by atoms with Crippen LogP contribution in [0.3, 0.4) is 0 Å². The van der Waals surface area contributed by atoms with E-state index in [1.807, 2.05) is 54.6 Å². The molecule has 10 heteroatoms. The molecule has 0 saturated carbocycles. The Balaban J connectivity index is 1.71. The van der Waals surface area contributed by atoms with Crippen LogP contribution in [0.1, 0.15) is 30.0 Å². The number of nitrogens with two attached hydrogens (primary N) is 1. The van der Waals surface area contributed by atoms with E-state index in [0.29, 0.717) is 16.6 Å². The monoisotopic (exact) mass is 550 g/mol. The number of carboxylic acid groups (broad SMARTS) is 2. The van der Waals surface area contributed by atoms with Gasteiger partial charge < -0.3 is 26.6 Å². The summed E-state index contributed by atoms with van der Waals surface area (Å²) in [6, 6.07) is 21.9. The standard InChI is InChI=1S/C29H31N3O6S/c30-23(28(35)36)15-16-25(33)31-24(27(34)32-26(29(37)38)22-9-5-2-6-10-22)18-39-17-19-11-13-21(14-12-19)20-7-3-1-4-8-20/h1-14,23-24,26H,15-18,30H2,(H,31,33)(H,32,34)(H,35,36)(H,37,38)/t23-,24-,26?/m0/s1/i/hD. The first-order chi connectivity index (χ1) is 19.2. The highest BCUT2D eigenvalue weighted by molar-refractivity contribution is 7.98. The molecule has 2 amide bonds. The summed E-state index contributed by atoms with van der Waals surface area (Å²) in [5.74, 6) is -3.69. The molecule has 0 aromatic heterocycles. The van der Waals surface area contributed by atoms with Crippen LogP contribution in [0.25, 0.3) is 11.1 Å². The van der Waals surface area contributed by atoms with Gasteiger partial charge in [-0.05, 0) is 28.7 Å². The van der Waals surface area contributed by atoms with E-state index < -0.39 is 41.9 Å². The molecule has 3 atom stereocenters. The van der Waals surface area contributed by atoms with E-state index in [0.717, 1.165) is 16.7 Å². The Morgan fingerprint density at radius 1 is 0.846 bits per heavy atom. The first kappa shape index (κ1) is 27.9. The van der Waals surface area contributed by atoms with Gasteiger partial charge in [0.05, 0.1) is 0 Å². The molecule has 0 spiro atoms. The molecule has 0 saturated heterocycles. The number of amides is 2. The van der Waals surface area contributed by atoms with Gasteiger partial charge in [0.25, 0.3) is 0 Å². The number of aliphatic carboxylic acids is 2. The third-order valence-electron chi connectivity index (χ3n) is 5.86. The Bertz CT molecular complexity index is 1290. The van der Waals surface area contributed by atoms with Crippen LogP contribution < -0.4 is 16.4 Å². The van der Waals surface area contributed by atoms with E-state index in [1.54, 1.807) is 30.3 Å². The number of rotatable bonds is 14. The SMILES string of the molecule is [2H]N(C(=O)CC[C@H](N)C(=O)O)[C@@H](CSCc1ccc(-c2ccccc2)cc1)C(=O)NC(C(=O)O)c1ccccc1. The van der Waals surface area contributed by atoms with Crippen LogP contribution in [-0.4, -0.2) is 51.8 Å². The summed E-state index contributed by atoms with van der Waals surface area (Å²) in [4.78, 5) is 48.9. The van der Waals surface area contributed by atoms with Crippen LogP contribution in [0.5, 0.6) is 0 Å². The lowest BCUT2D eigenvalue weighted by molar-refractivity contribution is -0.142. The molecular formula is C29H31N3O6S. The van der Waals surface area contributed by atoms with E-state index in [2.05, 4.69) is 5.32 Å². The van der Waals surface area contributed by atoms with Gasteiger partial charge in [0.2, 0.25) is 11.8 Å². The van der Waals surface area contributed by atoms with Crippen LogP contribution in [-0.2, 0) is 24.9 Å². The number of carboxylic acids is 2. The zero-order valence-electron chi connectivity index (χ0n) is 22.1. The molecule has 0 aliphatic carbocycles. The van der Waals surface area contributed by atoms with Crippen molar-refractivity contribution in [2.24, 2.45) is 5.73 Å². The first-order valence-corrected chi connectivity index (χ1v) is 13.4. The zero-order chi connectivity index (χ0) is 29.1. The maximum Gasteiger partial charge on any atom is 0.330 e. The highest BCUT2D eigenvalue weighted by Crippen LogP contribution is 2.22. The normalized spacial score (nSPS) is 13.4. The fraction of sp³-hybridized carbons (Fsp3) is 0.241. The van der Waals surface area contributed by atoms with Crippen molar-refractivity contribution in [3.63, 3.8) is 0 Å². The van der Waals surface area contributed by atoms with Crippen molar-refractivity contribution in [2.75, 3.05) is 5.75 Å². The van der Waals surface area contributed by atoms with Crippen LogP contribution >= 0.6 is 11.8 Å². The van der Waals surface area contributed by atoms with E-state index in [1.165, 1.54) is 11.8 Å². The van der Waals surface area contributed by atoms with Crippen LogP contribution in [0.4, 0.5) is 0 Å². The molecule has 6 N–H and O–H groups in total. The highest BCUT2D eigenvalue weighted by Gasteiger charge is 2.28. The van der Waals surface area contributed by atoms with Crippen molar-refractivity contribution in [1.29, 1.82) is 0 Å². The highest BCUT2D eigenvalue weighted by atomic mass is 32.2. The van der Waals surface area contributed by atoms with E-state index in [4.69, 9.17) is 12.3 Å². The van der Waals surface area contributed by atoms with Crippen LogP contribution in [0.2, 0.25) is 1.41 Å². The average molecular weight is 551 g/mol. The van der Waals surface area contributed by atoms with Gasteiger partial charge in [0.1, 0.15) is 12.1 Å². The van der Waals surface area contributed by atoms with Crippen molar-refractivity contribution in [3.8, 4) is 11.1 Å². The number of hydrogen-bond donors (Lipinski definition) is 5. The second kappa shape index (κ2) is 14.7. The molecule has 1 unspecified atom stereocenters. The molecule has 0 heterocycles. The van der Waals surface area contributed by atoms with Crippen molar-refractivity contribution in [2.45, 2.75) is 36.7 Å². The molecule has 204 valence electrons. The summed E-state index contributed by atoms with van der Waals surface area (Å²) >= 11 is 1.31. The van der Waals surface area contributed by atoms with Gasteiger partial charge in [-0.15, -0.1) is 0 Å². The Morgan fingerprint density at radius 2 is 1.44 bits per heavy atom. The molecule has 0 fully saturated rings. The summed E-state index contributed by atoms with van der Waals surface area (Å²) in [5, 5.41) is 21.6. The van der Waals surface area contributed by atoms with Crippen LogP contribution in [0, 0.1) is 0 Å². The minimum absolute atomic E-state index is 0.00756. The minimum atomic E-state index is -1.38. The van der Waals surface area contributed by atoms with Gasteiger partial charge in [0, 0.05) is 17.9 Å². The third-order valence-corrected chi connectivity index (χ3v) is 6.95.